The molecule has 20 heavy (non-hydrogen) atoms. The molecule has 1 aliphatic heterocycles. The fourth-order valence-corrected chi connectivity index (χ4v) is 3.41. The largest absolute Gasteiger partial charge is 0.382 e. The summed E-state index contributed by atoms with van der Waals surface area (Å²) in [5.74, 6) is 1.62. The number of nitrogen functional groups attached to an aromatic ring is 1. The van der Waals surface area contributed by atoms with Crippen LogP contribution < -0.4 is 5.73 Å². The molecule has 2 aromatic heterocycles. The first-order chi connectivity index (χ1) is 9.61. The molecule has 0 aromatic carbocycles. The molecule has 3 rings (SSSR count). The number of amides is 1. The predicted molar refractivity (Wildman–Crippen MR) is 84.3 cm³/mol. The summed E-state index contributed by atoms with van der Waals surface area (Å²) < 4.78 is 2.83. The van der Waals surface area contributed by atoms with Gasteiger partial charge in [0.1, 0.15) is 15.0 Å². The SMILES string of the molecule is C=CC(=O)N1CCC(c2nc(I)c3c(N)nccn23)C1. The highest BCUT2D eigenvalue weighted by molar-refractivity contribution is 14.1. The summed E-state index contributed by atoms with van der Waals surface area (Å²) in [4.78, 5) is 22.2. The van der Waals surface area contributed by atoms with Crippen molar-refractivity contribution in [3.05, 3.63) is 34.6 Å². The first-order valence-corrected chi connectivity index (χ1v) is 7.39. The predicted octanol–water partition coefficient (Wildman–Crippen LogP) is 1.42. The first kappa shape index (κ1) is 13.3. The van der Waals surface area contributed by atoms with Gasteiger partial charge in [-0.25, -0.2) is 9.97 Å². The minimum atomic E-state index is -0.0239. The van der Waals surface area contributed by atoms with E-state index in [0.29, 0.717) is 12.4 Å². The van der Waals surface area contributed by atoms with Gasteiger partial charge in [-0.15, -0.1) is 0 Å². The lowest BCUT2D eigenvalue weighted by Crippen LogP contribution is -2.26. The number of nitrogens with zero attached hydrogens (tertiary/aromatic N) is 4. The smallest absolute Gasteiger partial charge is 0.245 e. The molecule has 0 radical (unpaired) electrons. The van der Waals surface area contributed by atoms with Gasteiger partial charge in [0.05, 0.1) is 0 Å². The number of rotatable bonds is 2. The fraction of sp³-hybridized carbons (Fsp3) is 0.308. The molecule has 0 bridgehead atoms. The van der Waals surface area contributed by atoms with Crippen molar-refractivity contribution in [1.82, 2.24) is 19.3 Å². The molecule has 7 heteroatoms. The van der Waals surface area contributed by atoms with Crippen LogP contribution in [0, 0.1) is 3.70 Å². The molecule has 104 valence electrons. The number of nitrogens with two attached hydrogens (primary N) is 1. The number of fused-ring (bicyclic) bond motifs is 1. The van der Waals surface area contributed by atoms with Gasteiger partial charge in [-0.1, -0.05) is 6.58 Å². The summed E-state index contributed by atoms with van der Waals surface area (Å²) in [5.41, 5.74) is 6.76. The van der Waals surface area contributed by atoms with Crippen LogP contribution in [-0.4, -0.2) is 38.3 Å². The molecule has 6 nitrogen and oxygen atoms in total. The van der Waals surface area contributed by atoms with Crippen molar-refractivity contribution in [3.8, 4) is 0 Å². The second kappa shape index (κ2) is 5.04. The zero-order valence-electron chi connectivity index (χ0n) is 10.8. The van der Waals surface area contributed by atoms with E-state index < -0.39 is 0 Å². The van der Waals surface area contributed by atoms with Crippen molar-refractivity contribution in [2.24, 2.45) is 0 Å². The van der Waals surface area contributed by atoms with Crippen molar-refractivity contribution in [2.45, 2.75) is 12.3 Å². The van der Waals surface area contributed by atoms with E-state index in [1.165, 1.54) is 6.08 Å². The third-order valence-corrected chi connectivity index (χ3v) is 4.36. The third-order valence-electron chi connectivity index (χ3n) is 3.61. The van der Waals surface area contributed by atoms with Crippen LogP contribution in [0.4, 0.5) is 5.82 Å². The molecular formula is C13H14IN5O. The molecule has 0 aliphatic carbocycles. The van der Waals surface area contributed by atoms with Crippen LogP contribution >= 0.6 is 22.6 Å². The average molecular weight is 383 g/mol. The van der Waals surface area contributed by atoms with Crippen LogP contribution in [0.25, 0.3) is 5.52 Å². The third kappa shape index (κ3) is 2.05. The Balaban J connectivity index is 1.98. The van der Waals surface area contributed by atoms with Crippen LogP contribution in [-0.2, 0) is 4.79 Å². The number of anilines is 1. The van der Waals surface area contributed by atoms with Gasteiger partial charge in [0, 0.05) is 31.4 Å². The van der Waals surface area contributed by atoms with Gasteiger partial charge >= 0.3 is 0 Å². The normalized spacial score (nSPS) is 18.6. The number of halogens is 1. The van der Waals surface area contributed by atoms with E-state index in [0.717, 1.165) is 28.0 Å². The molecule has 2 aromatic rings. The number of likely N-dealkylation sites (tertiary alicyclic amines) is 1. The van der Waals surface area contributed by atoms with E-state index in [2.05, 4.69) is 39.1 Å². The van der Waals surface area contributed by atoms with Crippen molar-refractivity contribution in [1.29, 1.82) is 0 Å². The van der Waals surface area contributed by atoms with Crippen LogP contribution in [0.15, 0.2) is 25.0 Å². The summed E-state index contributed by atoms with van der Waals surface area (Å²) in [6.45, 7) is 4.94. The Hall–Kier alpha value is -1.64. The van der Waals surface area contributed by atoms with Gasteiger partial charge < -0.3 is 10.6 Å². The molecule has 2 N–H and O–H groups in total. The van der Waals surface area contributed by atoms with E-state index in [-0.39, 0.29) is 11.8 Å². The van der Waals surface area contributed by atoms with Gasteiger partial charge in [0.15, 0.2) is 5.82 Å². The Morgan fingerprint density at radius 3 is 3.15 bits per heavy atom. The maximum atomic E-state index is 11.7. The standard InChI is InChI=1S/C13H14IN5O/c1-2-9(20)18-5-3-8(7-18)13-17-11(14)10-12(15)16-4-6-19(10)13/h2,4,6,8H,1,3,5,7H2,(H2,15,16). The average Bonchev–Trinajstić information content (AvgIpc) is 3.04. The molecule has 1 amide bonds. The molecule has 1 atom stereocenters. The number of carbonyl (C=O) groups is 1. The maximum absolute atomic E-state index is 11.7. The highest BCUT2D eigenvalue weighted by Crippen LogP contribution is 2.30. The maximum Gasteiger partial charge on any atom is 0.245 e. The molecule has 1 saturated heterocycles. The van der Waals surface area contributed by atoms with Crippen LogP contribution in [0.2, 0.25) is 0 Å². The van der Waals surface area contributed by atoms with E-state index >= 15 is 0 Å². The molecule has 1 fully saturated rings. The van der Waals surface area contributed by atoms with Crippen LogP contribution in [0.3, 0.4) is 0 Å². The number of hydrogen-bond donors (Lipinski definition) is 1. The zero-order valence-corrected chi connectivity index (χ0v) is 12.9. The minimum Gasteiger partial charge on any atom is -0.382 e. The lowest BCUT2D eigenvalue weighted by molar-refractivity contribution is -0.125. The Labute approximate surface area is 129 Å². The lowest BCUT2D eigenvalue weighted by Gasteiger charge is -2.13. The van der Waals surface area contributed by atoms with Crippen molar-refractivity contribution >= 4 is 39.8 Å². The number of hydrogen-bond acceptors (Lipinski definition) is 4. The van der Waals surface area contributed by atoms with Gasteiger partial charge in [-0.2, -0.15) is 0 Å². The van der Waals surface area contributed by atoms with Crippen molar-refractivity contribution < 1.29 is 4.79 Å². The quantitative estimate of drug-likeness (QED) is 0.629. The highest BCUT2D eigenvalue weighted by Gasteiger charge is 2.29. The van der Waals surface area contributed by atoms with Crippen LogP contribution in [0.5, 0.6) is 0 Å². The number of imidazole rings is 1. The molecule has 1 unspecified atom stereocenters. The van der Waals surface area contributed by atoms with Crippen LogP contribution in [0.1, 0.15) is 18.2 Å². The second-order valence-electron chi connectivity index (χ2n) is 4.77. The first-order valence-electron chi connectivity index (χ1n) is 6.31. The highest BCUT2D eigenvalue weighted by atomic mass is 127. The van der Waals surface area contributed by atoms with Gasteiger partial charge in [-0.05, 0) is 35.1 Å². The Morgan fingerprint density at radius 2 is 2.40 bits per heavy atom. The van der Waals surface area contributed by atoms with E-state index in [1.54, 1.807) is 11.1 Å². The molecule has 3 heterocycles. The van der Waals surface area contributed by atoms with Gasteiger partial charge in [0.2, 0.25) is 5.91 Å². The van der Waals surface area contributed by atoms with E-state index in [1.807, 2.05) is 10.6 Å². The number of aromatic nitrogens is 3. The van der Waals surface area contributed by atoms with Gasteiger partial charge in [0.25, 0.3) is 0 Å². The molecule has 0 saturated carbocycles. The van der Waals surface area contributed by atoms with Crippen molar-refractivity contribution in [3.63, 3.8) is 0 Å². The minimum absolute atomic E-state index is 0.0239. The summed E-state index contributed by atoms with van der Waals surface area (Å²) >= 11 is 2.17. The Kier molecular flexibility index (Phi) is 3.36. The topological polar surface area (TPSA) is 76.5 Å². The summed E-state index contributed by atoms with van der Waals surface area (Å²) in [5, 5.41) is 0. The lowest BCUT2D eigenvalue weighted by atomic mass is 10.1. The van der Waals surface area contributed by atoms with Gasteiger partial charge in [-0.3, -0.25) is 9.20 Å². The number of carbonyl (C=O) groups excluding carboxylic acids is 1. The van der Waals surface area contributed by atoms with Crippen molar-refractivity contribution in [2.75, 3.05) is 18.8 Å². The molecule has 1 aliphatic rings. The van der Waals surface area contributed by atoms with E-state index in [9.17, 15) is 4.79 Å². The Morgan fingerprint density at radius 1 is 1.60 bits per heavy atom. The fourth-order valence-electron chi connectivity index (χ4n) is 2.63. The summed E-state index contributed by atoms with van der Waals surface area (Å²) in [6.07, 6.45) is 5.80. The zero-order chi connectivity index (χ0) is 14.3. The monoisotopic (exact) mass is 383 g/mol. The molecular weight excluding hydrogens is 369 g/mol. The Bertz CT molecular complexity index is 695. The van der Waals surface area contributed by atoms with E-state index in [4.69, 9.17) is 5.73 Å². The molecule has 0 spiro atoms. The summed E-state index contributed by atoms with van der Waals surface area (Å²) in [7, 11) is 0. The summed E-state index contributed by atoms with van der Waals surface area (Å²) in [6, 6.07) is 0. The second-order valence-corrected chi connectivity index (χ2v) is 5.79.